The summed E-state index contributed by atoms with van der Waals surface area (Å²) in [4.78, 5) is 39.0. The molecule has 33 heavy (non-hydrogen) atoms. The smallest absolute Gasteiger partial charge is 0.257 e. The summed E-state index contributed by atoms with van der Waals surface area (Å²) in [6, 6.07) is -0.0444. The zero-order chi connectivity index (χ0) is 24.5. The molecule has 2 rings (SSSR count). The number of carbonyl (C=O) groups excluding carboxylic acids is 2. The second-order valence-corrected chi connectivity index (χ2v) is 7.53. The molecule has 2 N–H and O–H groups in total. The van der Waals surface area contributed by atoms with Gasteiger partial charge < -0.3 is 24.6 Å². The fourth-order valence-corrected chi connectivity index (χ4v) is 3.50. The van der Waals surface area contributed by atoms with Crippen molar-refractivity contribution in [2.24, 2.45) is 0 Å². The van der Waals surface area contributed by atoms with Crippen molar-refractivity contribution in [1.29, 1.82) is 0 Å². The molecule has 0 aromatic carbocycles. The van der Waals surface area contributed by atoms with Crippen LogP contribution in [0.25, 0.3) is 0 Å². The van der Waals surface area contributed by atoms with E-state index >= 15 is 0 Å². The molecule has 0 spiro atoms. The number of carbonyl (C=O) groups is 2. The maximum absolute atomic E-state index is 13.9. The lowest BCUT2D eigenvalue weighted by Gasteiger charge is -2.40. The van der Waals surface area contributed by atoms with Crippen LogP contribution in [-0.4, -0.2) is 51.8 Å². The number of allylic oxidation sites excluding steroid dienone is 3. The molecule has 8 nitrogen and oxygen atoms in total. The van der Waals surface area contributed by atoms with Crippen LogP contribution in [0.3, 0.4) is 0 Å². The van der Waals surface area contributed by atoms with Gasteiger partial charge in [0.05, 0.1) is 25.7 Å². The number of ether oxygens (including phenoxy) is 1. The molecule has 2 amide bonds. The van der Waals surface area contributed by atoms with E-state index < -0.39 is 29.1 Å². The fourth-order valence-electron chi connectivity index (χ4n) is 3.50. The number of hydrogen-bond acceptors (Lipinski definition) is 5. The number of rotatable bonds is 8. The predicted molar refractivity (Wildman–Crippen MR) is 119 cm³/mol. The number of amides is 2. The minimum atomic E-state index is -0.899. The summed E-state index contributed by atoms with van der Waals surface area (Å²) in [7, 11) is 0. The monoisotopic (exact) mass is 465 g/mol. The van der Waals surface area contributed by atoms with Crippen molar-refractivity contribution >= 4 is 11.8 Å². The minimum absolute atomic E-state index is 0.00135. The Morgan fingerprint density at radius 3 is 2.73 bits per heavy atom. The predicted octanol–water partition coefficient (Wildman–Crippen LogP) is 2.94. The Morgan fingerprint density at radius 2 is 2.09 bits per heavy atom. The van der Waals surface area contributed by atoms with Gasteiger partial charge in [-0.3, -0.25) is 14.4 Å². The second kappa shape index (κ2) is 12.1. The van der Waals surface area contributed by atoms with E-state index in [9.17, 15) is 28.3 Å². The fraction of sp³-hybridized carbons (Fsp3) is 0.435. The molecule has 10 heteroatoms. The molecule has 180 valence electrons. The van der Waals surface area contributed by atoms with E-state index in [2.05, 4.69) is 5.32 Å². The molecule has 1 fully saturated rings. The van der Waals surface area contributed by atoms with Crippen molar-refractivity contribution in [3.63, 3.8) is 0 Å². The van der Waals surface area contributed by atoms with E-state index in [0.29, 0.717) is 19.4 Å². The topological polar surface area (TPSA) is 101 Å². The van der Waals surface area contributed by atoms with E-state index in [1.807, 2.05) is 6.92 Å². The lowest BCUT2D eigenvalue weighted by Crippen LogP contribution is -2.52. The van der Waals surface area contributed by atoms with Gasteiger partial charge in [0.15, 0.2) is 12.0 Å². The molecule has 1 aromatic rings. The van der Waals surface area contributed by atoms with Gasteiger partial charge in [0, 0.05) is 30.8 Å². The third kappa shape index (κ3) is 6.61. The van der Waals surface area contributed by atoms with E-state index in [4.69, 9.17) is 4.74 Å². The maximum atomic E-state index is 13.9. The zero-order valence-electron chi connectivity index (χ0n) is 18.9. The number of nitrogens with zero attached hydrogens (tertiary/aromatic N) is 2. The summed E-state index contributed by atoms with van der Waals surface area (Å²) >= 11 is 0. The van der Waals surface area contributed by atoms with Crippen LogP contribution in [0.4, 0.5) is 8.78 Å². The molecule has 0 radical (unpaired) electrons. The lowest BCUT2D eigenvalue weighted by molar-refractivity contribution is -0.165. The highest BCUT2D eigenvalue weighted by molar-refractivity contribution is 5.94. The Labute approximate surface area is 190 Å². The highest BCUT2D eigenvalue weighted by atomic mass is 19.1. The SMILES string of the molecule is C\C=C(F)/C(=C\C=C\F)CNC(=O)c1cn(CC2OCCC(C)N2C(=O)CC)cc(O)c1=O. The first-order chi connectivity index (χ1) is 15.7. The summed E-state index contributed by atoms with van der Waals surface area (Å²) in [5.41, 5.74) is -1.27. The minimum Gasteiger partial charge on any atom is -0.503 e. The highest BCUT2D eigenvalue weighted by Crippen LogP contribution is 2.20. The quantitative estimate of drug-likeness (QED) is 0.575. The highest BCUT2D eigenvalue weighted by Gasteiger charge is 2.32. The number of nitrogens with one attached hydrogen (secondary N) is 1. The molecule has 2 unspecified atom stereocenters. The van der Waals surface area contributed by atoms with Crippen molar-refractivity contribution in [2.45, 2.75) is 52.4 Å². The van der Waals surface area contributed by atoms with Gasteiger partial charge in [-0.2, -0.15) is 0 Å². The number of hydrogen-bond donors (Lipinski definition) is 2. The van der Waals surface area contributed by atoms with Crippen LogP contribution < -0.4 is 10.7 Å². The van der Waals surface area contributed by atoms with Gasteiger partial charge in [-0.1, -0.05) is 19.1 Å². The molecular weight excluding hydrogens is 436 g/mol. The van der Waals surface area contributed by atoms with Gasteiger partial charge in [-0.15, -0.1) is 0 Å². The average molecular weight is 465 g/mol. The third-order valence-electron chi connectivity index (χ3n) is 5.26. The Bertz CT molecular complexity index is 1020. The molecule has 2 heterocycles. The van der Waals surface area contributed by atoms with Crippen LogP contribution in [0.2, 0.25) is 0 Å². The van der Waals surface area contributed by atoms with Crippen molar-refractivity contribution in [3.8, 4) is 5.75 Å². The van der Waals surface area contributed by atoms with Crippen molar-refractivity contribution < 1.29 is 28.2 Å². The van der Waals surface area contributed by atoms with Gasteiger partial charge in [0.25, 0.3) is 5.91 Å². The number of pyridine rings is 1. The molecule has 1 aromatic heterocycles. The van der Waals surface area contributed by atoms with E-state index in [1.54, 1.807) is 11.8 Å². The lowest BCUT2D eigenvalue weighted by atomic mass is 10.1. The van der Waals surface area contributed by atoms with Crippen LogP contribution in [0, 0.1) is 0 Å². The molecule has 0 aliphatic carbocycles. The number of halogens is 2. The van der Waals surface area contributed by atoms with Crippen LogP contribution in [0.1, 0.15) is 44.0 Å². The summed E-state index contributed by atoms with van der Waals surface area (Å²) in [6.45, 7) is 5.33. The van der Waals surface area contributed by atoms with Crippen molar-refractivity contribution in [2.75, 3.05) is 13.2 Å². The zero-order valence-corrected chi connectivity index (χ0v) is 18.9. The number of aromatic nitrogens is 1. The summed E-state index contributed by atoms with van der Waals surface area (Å²) in [5, 5.41) is 12.5. The Hall–Kier alpha value is -3.27. The van der Waals surface area contributed by atoms with E-state index in [-0.39, 0.29) is 42.5 Å². The Morgan fingerprint density at radius 1 is 1.36 bits per heavy atom. The van der Waals surface area contributed by atoms with Crippen LogP contribution >= 0.6 is 0 Å². The number of aromatic hydroxyl groups is 1. The Kier molecular flexibility index (Phi) is 9.53. The van der Waals surface area contributed by atoms with Gasteiger partial charge in [0.1, 0.15) is 11.4 Å². The molecule has 1 aliphatic rings. The van der Waals surface area contributed by atoms with Crippen LogP contribution in [0.15, 0.2) is 53.1 Å². The van der Waals surface area contributed by atoms with Gasteiger partial charge >= 0.3 is 0 Å². The van der Waals surface area contributed by atoms with Crippen LogP contribution in [-0.2, 0) is 16.1 Å². The second-order valence-electron chi connectivity index (χ2n) is 7.53. The van der Waals surface area contributed by atoms with E-state index in [1.165, 1.54) is 17.7 Å². The average Bonchev–Trinajstić information content (AvgIpc) is 2.80. The largest absolute Gasteiger partial charge is 0.503 e. The van der Waals surface area contributed by atoms with Crippen LogP contribution in [0.5, 0.6) is 5.75 Å². The molecule has 2 atom stereocenters. The van der Waals surface area contributed by atoms with Gasteiger partial charge in [0.2, 0.25) is 11.3 Å². The molecule has 0 bridgehead atoms. The first-order valence-corrected chi connectivity index (χ1v) is 10.7. The standard InChI is InChI=1S/C23H29F2N3O5/c1-4-18(25)16(7-6-9-24)11-26-23(32)17-12-27(13-19(29)22(17)31)14-21-28(20(30)5-2)15(3)8-10-33-21/h4,6-7,9,12-13,15,21,29H,5,8,10-11,14H2,1-3H3,(H,26,32)/b9-6+,16-7-,18-4+. The Balaban J connectivity index is 2.26. The van der Waals surface area contributed by atoms with Gasteiger partial charge in [-0.25, -0.2) is 8.78 Å². The summed E-state index contributed by atoms with van der Waals surface area (Å²) in [5.74, 6) is -2.26. The van der Waals surface area contributed by atoms with Crippen molar-refractivity contribution in [3.05, 3.63) is 64.1 Å². The molecular formula is C23H29F2N3O5. The maximum Gasteiger partial charge on any atom is 0.257 e. The van der Waals surface area contributed by atoms with E-state index in [0.717, 1.165) is 24.4 Å². The first kappa shape index (κ1) is 26.0. The molecule has 0 saturated carbocycles. The summed E-state index contributed by atoms with van der Waals surface area (Å²) < 4.78 is 33.4. The first-order valence-electron chi connectivity index (χ1n) is 10.7. The molecule has 1 saturated heterocycles. The molecule has 1 aliphatic heterocycles. The van der Waals surface area contributed by atoms with Gasteiger partial charge in [-0.05, 0) is 26.3 Å². The third-order valence-corrected chi connectivity index (χ3v) is 5.26. The normalized spacial score (nSPS) is 19.7. The van der Waals surface area contributed by atoms with Crippen molar-refractivity contribution in [1.82, 2.24) is 14.8 Å². The summed E-state index contributed by atoms with van der Waals surface area (Å²) in [6.07, 6.45) is 6.24.